The number of benzene rings is 1. The van der Waals surface area contributed by atoms with Crippen LogP contribution in [-0.4, -0.2) is 51.8 Å². The van der Waals surface area contributed by atoms with Gasteiger partial charge in [-0.3, -0.25) is 0 Å². The summed E-state index contributed by atoms with van der Waals surface area (Å²) < 4.78 is 8.17. The summed E-state index contributed by atoms with van der Waals surface area (Å²) in [6.45, 7) is 9.56. The molecular weight excluding hydrogens is 366 g/mol. The van der Waals surface area contributed by atoms with Crippen molar-refractivity contribution in [3.63, 3.8) is 0 Å². The predicted octanol–water partition coefficient (Wildman–Crippen LogP) is 4.88. The van der Waals surface area contributed by atoms with Crippen LogP contribution in [0.3, 0.4) is 0 Å². The quantitative estimate of drug-likeness (QED) is 0.549. The summed E-state index contributed by atoms with van der Waals surface area (Å²) in [6, 6.07) is 5.26. The molecule has 2 heterocycles. The van der Waals surface area contributed by atoms with Crippen molar-refractivity contribution in [3.8, 4) is 0 Å². The molecule has 6 heteroatoms. The number of fused-ring (bicyclic) bond motifs is 1. The van der Waals surface area contributed by atoms with Gasteiger partial charge < -0.3 is 19.3 Å². The summed E-state index contributed by atoms with van der Waals surface area (Å²) in [6.07, 6.45) is 8.05. The molecule has 2 aromatic rings. The van der Waals surface area contributed by atoms with Gasteiger partial charge >= 0.3 is 5.97 Å². The third kappa shape index (κ3) is 5.58. The molecule has 0 spiro atoms. The maximum atomic E-state index is 11.3. The second kappa shape index (κ2) is 10.7. The van der Waals surface area contributed by atoms with Crippen LogP contribution in [0.4, 0.5) is 0 Å². The minimum atomic E-state index is -0.914. The van der Waals surface area contributed by atoms with E-state index in [9.17, 15) is 9.90 Å². The Morgan fingerprint density at radius 3 is 2.55 bits per heavy atom. The van der Waals surface area contributed by atoms with Gasteiger partial charge in [0.25, 0.3) is 0 Å². The molecule has 1 aliphatic rings. The van der Waals surface area contributed by atoms with E-state index in [-0.39, 0.29) is 11.7 Å². The van der Waals surface area contributed by atoms with Crippen LogP contribution >= 0.6 is 0 Å². The number of unbranched alkanes of at least 4 members (excludes halogenated alkanes) is 2. The fourth-order valence-corrected chi connectivity index (χ4v) is 4.09. The average molecular weight is 402 g/mol. The SMILES string of the molecule is CCCCN(CCCC)CCCn1c(C2CCCO2)nc2cc(C(=O)O)ccc21. The van der Waals surface area contributed by atoms with Gasteiger partial charge in [0.1, 0.15) is 11.9 Å². The fourth-order valence-electron chi connectivity index (χ4n) is 4.09. The molecule has 1 atom stereocenters. The molecule has 0 amide bonds. The van der Waals surface area contributed by atoms with Crippen LogP contribution < -0.4 is 0 Å². The Labute approximate surface area is 173 Å². The summed E-state index contributed by atoms with van der Waals surface area (Å²) in [5.74, 6) is 0.0383. The molecule has 3 rings (SSSR count). The summed E-state index contributed by atoms with van der Waals surface area (Å²) in [5.41, 5.74) is 2.05. The van der Waals surface area contributed by atoms with Crippen LogP contribution in [0.25, 0.3) is 11.0 Å². The van der Waals surface area contributed by atoms with Crippen LogP contribution in [0.1, 0.15) is 81.1 Å². The zero-order valence-corrected chi connectivity index (χ0v) is 17.9. The lowest BCUT2D eigenvalue weighted by atomic mass is 10.2. The van der Waals surface area contributed by atoms with E-state index in [0.29, 0.717) is 0 Å². The largest absolute Gasteiger partial charge is 0.478 e. The summed E-state index contributed by atoms with van der Waals surface area (Å²) in [4.78, 5) is 18.7. The van der Waals surface area contributed by atoms with E-state index < -0.39 is 5.97 Å². The molecule has 29 heavy (non-hydrogen) atoms. The molecule has 0 radical (unpaired) electrons. The van der Waals surface area contributed by atoms with Gasteiger partial charge in [0.2, 0.25) is 0 Å². The number of hydrogen-bond acceptors (Lipinski definition) is 4. The maximum absolute atomic E-state index is 11.3. The van der Waals surface area contributed by atoms with Gasteiger partial charge in [0, 0.05) is 13.2 Å². The molecule has 1 N–H and O–H groups in total. The number of carboxylic acids is 1. The van der Waals surface area contributed by atoms with Crippen molar-refractivity contribution in [1.29, 1.82) is 0 Å². The van der Waals surface area contributed by atoms with E-state index in [0.717, 1.165) is 55.8 Å². The Bertz CT molecular complexity index is 788. The van der Waals surface area contributed by atoms with Crippen molar-refractivity contribution < 1.29 is 14.6 Å². The van der Waals surface area contributed by atoms with Crippen LogP contribution in [-0.2, 0) is 11.3 Å². The fraction of sp³-hybridized carbons (Fsp3) is 0.652. The number of aromatic carboxylic acids is 1. The molecular formula is C23H35N3O3. The first-order chi connectivity index (χ1) is 14.1. The number of rotatable bonds is 12. The molecule has 6 nitrogen and oxygen atoms in total. The maximum Gasteiger partial charge on any atom is 0.335 e. The van der Waals surface area contributed by atoms with Crippen molar-refractivity contribution in [2.45, 2.75) is 71.4 Å². The molecule has 0 aliphatic carbocycles. The molecule has 1 saturated heterocycles. The molecule has 160 valence electrons. The number of imidazole rings is 1. The molecule has 1 unspecified atom stereocenters. The number of nitrogens with zero attached hydrogens (tertiary/aromatic N) is 3. The molecule has 1 aromatic carbocycles. The molecule has 0 saturated carbocycles. The minimum absolute atomic E-state index is 0.0203. The third-order valence-electron chi connectivity index (χ3n) is 5.75. The van der Waals surface area contributed by atoms with Crippen molar-refractivity contribution in [2.75, 3.05) is 26.2 Å². The zero-order valence-electron chi connectivity index (χ0n) is 17.9. The van der Waals surface area contributed by atoms with Gasteiger partial charge in [-0.15, -0.1) is 0 Å². The first kappa shape index (κ1) is 21.8. The van der Waals surface area contributed by atoms with Gasteiger partial charge in [-0.2, -0.15) is 0 Å². The Morgan fingerprint density at radius 1 is 1.21 bits per heavy atom. The Kier molecular flexibility index (Phi) is 8.07. The predicted molar refractivity (Wildman–Crippen MR) is 115 cm³/mol. The van der Waals surface area contributed by atoms with Crippen molar-refractivity contribution in [2.24, 2.45) is 0 Å². The van der Waals surface area contributed by atoms with E-state index >= 15 is 0 Å². The first-order valence-corrected chi connectivity index (χ1v) is 11.2. The summed E-state index contributed by atoms with van der Waals surface area (Å²) in [7, 11) is 0. The normalized spacial score (nSPS) is 16.9. The second-order valence-corrected chi connectivity index (χ2v) is 8.03. The van der Waals surface area contributed by atoms with Crippen molar-refractivity contribution >= 4 is 17.0 Å². The standard InChI is InChI=1S/C23H35N3O3/c1-3-5-12-25(13-6-4-2)14-8-15-26-20-11-10-18(23(27)28)17-19(20)24-22(26)21-9-7-16-29-21/h10-11,17,21H,3-9,12-16H2,1-2H3,(H,27,28). The smallest absolute Gasteiger partial charge is 0.335 e. The monoisotopic (exact) mass is 401 g/mol. The molecule has 1 fully saturated rings. The van der Waals surface area contributed by atoms with Crippen LogP contribution in [0.5, 0.6) is 0 Å². The van der Waals surface area contributed by atoms with Crippen LogP contribution in [0.2, 0.25) is 0 Å². The van der Waals surface area contributed by atoms with E-state index in [1.807, 2.05) is 6.07 Å². The van der Waals surface area contributed by atoms with Crippen molar-refractivity contribution in [3.05, 3.63) is 29.6 Å². The summed E-state index contributed by atoms with van der Waals surface area (Å²) in [5, 5.41) is 9.31. The van der Waals surface area contributed by atoms with E-state index in [1.165, 1.54) is 38.8 Å². The highest BCUT2D eigenvalue weighted by molar-refractivity contribution is 5.92. The van der Waals surface area contributed by atoms with Gasteiger partial charge in [0.05, 0.1) is 16.6 Å². The van der Waals surface area contributed by atoms with Gasteiger partial charge in [-0.05, 0) is 69.9 Å². The van der Waals surface area contributed by atoms with E-state index in [2.05, 4.69) is 23.3 Å². The van der Waals surface area contributed by atoms with E-state index in [4.69, 9.17) is 9.72 Å². The number of aryl methyl sites for hydroxylation is 1. The molecule has 1 aromatic heterocycles. The average Bonchev–Trinajstić information content (AvgIpc) is 3.37. The Morgan fingerprint density at radius 2 is 1.93 bits per heavy atom. The van der Waals surface area contributed by atoms with Crippen LogP contribution in [0, 0.1) is 0 Å². The third-order valence-corrected chi connectivity index (χ3v) is 5.75. The lowest BCUT2D eigenvalue weighted by Crippen LogP contribution is -2.28. The van der Waals surface area contributed by atoms with E-state index in [1.54, 1.807) is 12.1 Å². The number of ether oxygens (including phenoxy) is 1. The van der Waals surface area contributed by atoms with Crippen LogP contribution in [0.15, 0.2) is 18.2 Å². The molecule has 1 aliphatic heterocycles. The number of hydrogen-bond donors (Lipinski definition) is 1. The number of carboxylic acid groups (broad SMARTS) is 1. The van der Waals surface area contributed by atoms with Gasteiger partial charge in [-0.1, -0.05) is 26.7 Å². The molecule has 0 bridgehead atoms. The van der Waals surface area contributed by atoms with Crippen molar-refractivity contribution in [1.82, 2.24) is 14.5 Å². The summed E-state index contributed by atoms with van der Waals surface area (Å²) >= 11 is 0. The first-order valence-electron chi connectivity index (χ1n) is 11.2. The Balaban J connectivity index is 1.77. The van der Waals surface area contributed by atoms with Gasteiger partial charge in [-0.25, -0.2) is 9.78 Å². The zero-order chi connectivity index (χ0) is 20.6. The highest BCUT2D eigenvalue weighted by atomic mass is 16.5. The Hall–Kier alpha value is -1.92. The lowest BCUT2D eigenvalue weighted by Gasteiger charge is -2.22. The highest BCUT2D eigenvalue weighted by Crippen LogP contribution is 2.31. The van der Waals surface area contributed by atoms with Gasteiger partial charge in [0.15, 0.2) is 0 Å². The number of carbonyl (C=O) groups is 1. The topological polar surface area (TPSA) is 67.6 Å². The number of aromatic nitrogens is 2. The highest BCUT2D eigenvalue weighted by Gasteiger charge is 2.25. The second-order valence-electron chi connectivity index (χ2n) is 8.03. The lowest BCUT2D eigenvalue weighted by molar-refractivity contribution is 0.0697. The minimum Gasteiger partial charge on any atom is -0.478 e.